The van der Waals surface area contributed by atoms with Crippen LogP contribution in [0.4, 0.5) is 0 Å². The van der Waals surface area contributed by atoms with Crippen LogP contribution in [0.1, 0.15) is 45.1 Å². The maximum atomic E-state index is 6.03. The number of aryl methyl sites for hydroxylation is 1. The molecule has 2 aromatic carbocycles. The quantitative estimate of drug-likeness (QED) is 0.408. The fourth-order valence-electron chi connectivity index (χ4n) is 2.27. The summed E-state index contributed by atoms with van der Waals surface area (Å²) < 4.78 is 12.0. The number of halogens is 1. The van der Waals surface area contributed by atoms with Crippen LogP contribution in [0.2, 0.25) is 5.02 Å². The van der Waals surface area contributed by atoms with Crippen molar-refractivity contribution in [3.63, 3.8) is 0 Å². The van der Waals surface area contributed by atoms with Gasteiger partial charge in [-0.15, -0.1) is 0 Å². The zero-order valence-corrected chi connectivity index (χ0v) is 16.9. The second kappa shape index (κ2) is 10.6. The number of unbranched alkanes of at least 4 members (excludes halogenated alkanes) is 2. The standard InChI is InChI=1S/C21H27ClO2S/c1-4-6-12-23-19-15-21(25-18-10-8-17(22)9-11-18)20(14-16(19)3)24-13-7-5-2/h8-11,14-15H,4-7,12-13H2,1-3H3. The van der Waals surface area contributed by atoms with Gasteiger partial charge in [0, 0.05) is 9.92 Å². The Morgan fingerprint density at radius 2 is 1.48 bits per heavy atom. The van der Waals surface area contributed by atoms with Crippen LogP contribution >= 0.6 is 23.4 Å². The zero-order chi connectivity index (χ0) is 18.1. The van der Waals surface area contributed by atoms with Crippen LogP contribution in [0.3, 0.4) is 0 Å². The first-order valence-electron chi connectivity index (χ1n) is 8.97. The molecule has 0 spiro atoms. The Labute approximate surface area is 160 Å². The lowest BCUT2D eigenvalue weighted by Crippen LogP contribution is -2.02. The van der Waals surface area contributed by atoms with Crippen LogP contribution in [-0.2, 0) is 0 Å². The molecule has 2 nitrogen and oxygen atoms in total. The SMILES string of the molecule is CCCCOc1cc(Sc2ccc(Cl)cc2)c(OCCCC)cc1C. The van der Waals surface area contributed by atoms with Gasteiger partial charge in [-0.05, 0) is 61.7 Å². The molecule has 0 atom stereocenters. The molecule has 0 fully saturated rings. The van der Waals surface area contributed by atoms with Gasteiger partial charge in [0.15, 0.2) is 0 Å². The molecule has 0 radical (unpaired) electrons. The van der Waals surface area contributed by atoms with Crippen molar-refractivity contribution < 1.29 is 9.47 Å². The second-order valence-electron chi connectivity index (χ2n) is 6.02. The Morgan fingerprint density at radius 1 is 0.880 bits per heavy atom. The van der Waals surface area contributed by atoms with Gasteiger partial charge in [-0.2, -0.15) is 0 Å². The highest BCUT2D eigenvalue weighted by atomic mass is 35.5. The van der Waals surface area contributed by atoms with E-state index in [1.54, 1.807) is 11.8 Å². The third kappa shape index (κ3) is 6.48. The van der Waals surface area contributed by atoms with Crippen molar-refractivity contribution in [2.75, 3.05) is 13.2 Å². The molecular weight excluding hydrogens is 352 g/mol. The molecule has 0 saturated carbocycles. The largest absolute Gasteiger partial charge is 0.493 e. The van der Waals surface area contributed by atoms with Crippen molar-refractivity contribution in [3.05, 3.63) is 47.0 Å². The molecule has 0 saturated heterocycles. The zero-order valence-electron chi connectivity index (χ0n) is 15.3. The average Bonchev–Trinajstić information content (AvgIpc) is 2.60. The summed E-state index contributed by atoms with van der Waals surface area (Å²) in [6, 6.07) is 12.1. The summed E-state index contributed by atoms with van der Waals surface area (Å²) in [5.74, 6) is 1.86. The maximum Gasteiger partial charge on any atom is 0.133 e. The van der Waals surface area contributed by atoms with Crippen LogP contribution in [0.25, 0.3) is 0 Å². The molecule has 0 unspecified atom stereocenters. The van der Waals surface area contributed by atoms with Crippen molar-refractivity contribution in [2.24, 2.45) is 0 Å². The van der Waals surface area contributed by atoms with Gasteiger partial charge in [-0.1, -0.05) is 50.1 Å². The normalized spacial score (nSPS) is 10.7. The van der Waals surface area contributed by atoms with E-state index >= 15 is 0 Å². The minimum atomic E-state index is 0.736. The Kier molecular flexibility index (Phi) is 8.50. The summed E-state index contributed by atoms with van der Waals surface area (Å²) in [4.78, 5) is 2.21. The van der Waals surface area contributed by atoms with Crippen molar-refractivity contribution in [2.45, 2.75) is 56.2 Å². The van der Waals surface area contributed by atoms with Gasteiger partial charge in [-0.25, -0.2) is 0 Å². The van der Waals surface area contributed by atoms with Crippen molar-refractivity contribution >= 4 is 23.4 Å². The summed E-state index contributed by atoms with van der Waals surface area (Å²) in [6.07, 6.45) is 4.37. The van der Waals surface area contributed by atoms with Crippen molar-refractivity contribution in [1.82, 2.24) is 0 Å². The summed E-state index contributed by atoms with van der Waals surface area (Å²) >= 11 is 7.67. The van der Waals surface area contributed by atoms with Gasteiger partial charge in [-0.3, -0.25) is 0 Å². The molecule has 0 aliphatic carbocycles. The number of hydrogen-bond acceptors (Lipinski definition) is 3. The van der Waals surface area contributed by atoms with Crippen LogP contribution in [0, 0.1) is 6.92 Å². The van der Waals surface area contributed by atoms with E-state index in [2.05, 4.69) is 32.9 Å². The number of rotatable bonds is 10. The lowest BCUT2D eigenvalue weighted by Gasteiger charge is -2.16. The Balaban J connectivity index is 2.23. The molecule has 0 N–H and O–H groups in total. The summed E-state index contributed by atoms with van der Waals surface area (Å²) in [5, 5.41) is 0.747. The first-order chi connectivity index (χ1) is 12.1. The summed E-state index contributed by atoms with van der Waals surface area (Å²) in [5.41, 5.74) is 1.11. The highest BCUT2D eigenvalue weighted by Gasteiger charge is 2.12. The van der Waals surface area contributed by atoms with Gasteiger partial charge in [0.2, 0.25) is 0 Å². The molecular formula is C21H27ClO2S. The minimum Gasteiger partial charge on any atom is -0.493 e. The van der Waals surface area contributed by atoms with Gasteiger partial charge >= 0.3 is 0 Å². The van der Waals surface area contributed by atoms with Crippen LogP contribution in [0.15, 0.2) is 46.2 Å². The molecule has 2 aromatic rings. The molecule has 0 bridgehead atoms. The Morgan fingerprint density at radius 3 is 2.08 bits per heavy atom. The van der Waals surface area contributed by atoms with Crippen molar-refractivity contribution in [1.29, 1.82) is 0 Å². The minimum absolute atomic E-state index is 0.736. The van der Waals surface area contributed by atoms with E-state index in [9.17, 15) is 0 Å². The highest BCUT2D eigenvalue weighted by Crippen LogP contribution is 2.39. The van der Waals surface area contributed by atoms with E-state index in [1.807, 2.05) is 24.3 Å². The predicted octanol–water partition coefficient (Wildman–Crippen LogP) is 7.16. The Hall–Kier alpha value is -1.32. The molecule has 0 aliphatic rings. The van der Waals surface area contributed by atoms with Gasteiger partial charge in [0.05, 0.1) is 18.1 Å². The van der Waals surface area contributed by atoms with Gasteiger partial charge in [0.1, 0.15) is 11.5 Å². The van der Waals surface area contributed by atoms with E-state index in [0.29, 0.717) is 0 Å². The molecule has 4 heteroatoms. The molecule has 0 amide bonds. The third-order valence-corrected chi connectivity index (χ3v) is 5.09. The predicted molar refractivity (Wildman–Crippen MR) is 108 cm³/mol. The fourth-order valence-corrected chi connectivity index (χ4v) is 3.31. The molecule has 0 heterocycles. The van der Waals surface area contributed by atoms with Crippen LogP contribution < -0.4 is 9.47 Å². The molecule has 0 aliphatic heterocycles. The average molecular weight is 379 g/mol. The van der Waals surface area contributed by atoms with E-state index in [4.69, 9.17) is 21.1 Å². The van der Waals surface area contributed by atoms with E-state index in [1.165, 1.54) is 0 Å². The lowest BCUT2D eigenvalue weighted by molar-refractivity contribution is 0.293. The summed E-state index contributed by atoms with van der Waals surface area (Å²) in [6.45, 7) is 7.90. The molecule has 25 heavy (non-hydrogen) atoms. The summed E-state index contributed by atoms with van der Waals surface area (Å²) in [7, 11) is 0. The lowest BCUT2D eigenvalue weighted by atomic mass is 10.2. The number of ether oxygens (including phenoxy) is 2. The second-order valence-corrected chi connectivity index (χ2v) is 7.58. The topological polar surface area (TPSA) is 18.5 Å². The first kappa shape index (κ1) is 20.0. The van der Waals surface area contributed by atoms with Gasteiger partial charge < -0.3 is 9.47 Å². The smallest absolute Gasteiger partial charge is 0.133 e. The number of hydrogen-bond donors (Lipinski definition) is 0. The molecule has 0 aromatic heterocycles. The van der Waals surface area contributed by atoms with Crippen molar-refractivity contribution in [3.8, 4) is 11.5 Å². The van der Waals surface area contributed by atoms with Crippen LogP contribution in [-0.4, -0.2) is 13.2 Å². The van der Waals surface area contributed by atoms with Gasteiger partial charge in [0.25, 0.3) is 0 Å². The monoisotopic (exact) mass is 378 g/mol. The maximum absolute atomic E-state index is 6.03. The Bertz CT molecular complexity index is 656. The van der Waals surface area contributed by atoms with E-state index < -0.39 is 0 Å². The van der Waals surface area contributed by atoms with Crippen LogP contribution in [0.5, 0.6) is 11.5 Å². The van der Waals surface area contributed by atoms with E-state index in [0.717, 1.165) is 70.8 Å². The molecule has 2 rings (SSSR count). The first-order valence-corrected chi connectivity index (χ1v) is 10.2. The third-order valence-electron chi connectivity index (χ3n) is 3.79. The fraction of sp³-hybridized carbons (Fsp3) is 0.429. The highest BCUT2D eigenvalue weighted by molar-refractivity contribution is 7.99. The molecule has 136 valence electrons. The van der Waals surface area contributed by atoms with E-state index in [-0.39, 0.29) is 0 Å². The number of benzene rings is 2.